The van der Waals surface area contributed by atoms with E-state index in [1.807, 2.05) is 0 Å². The zero-order valence-corrected chi connectivity index (χ0v) is 14.2. The largest absolute Gasteiger partial charge is 0.330 e. The van der Waals surface area contributed by atoms with Gasteiger partial charge in [0.15, 0.2) is 5.11 Å². The summed E-state index contributed by atoms with van der Waals surface area (Å²) >= 11 is 11.3. The maximum Gasteiger partial charge on any atom is 0.175 e. The Morgan fingerprint density at radius 3 is 2.29 bits per heavy atom. The first kappa shape index (κ1) is 16.3. The van der Waals surface area contributed by atoms with Gasteiger partial charge in [-0.25, -0.2) is 13.2 Å². The van der Waals surface area contributed by atoms with Crippen LogP contribution in [0.4, 0.5) is 24.5 Å². The first-order chi connectivity index (χ1) is 9.86. The van der Waals surface area contributed by atoms with E-state index in [0.717, 1.165) is 12.1 Å². The third kappa shape index (κ3) is 4.18. The highest BCUT2D eigenvalue weighted by atomic mass is 79.9. The highest BCUT2D eigenvalue weighted by Gasteiger charge is 2.11. The fourth-order valence-corrected chi connectivity index (χ4v) is 3.00. The number of hydrogen-bond donors (Lipinski definition) is 2. The summed E-state index contributed by atoms with van der Waals surface area (Å²) in [4.78, 5) is 0. The van der Waals surface area contributed by atoms with Gasteiger partial charge in [0.25, 0.3) is 0 Å². The maximum absolute atomic E-state index is 13.8. The minimum absolute atomic E-state index is 0.0115. The van der Waals surface area contributed by atoms with E-state index in [2.05, 4.69) is 42.5 Å². The number of thiocarbonyl (C=S) groups is 1. The van der Waals surface area contributed by atoms with E-state index in [1.165, 1.54) is 12.1 Å². The SMILES string of the molecule is Fc1ccc(NC(=S)Nc2c(F)cc(Br)cc2Br)c(F)c1. The average molecular weight is 440 g/mol. The predicted molar refractivity (Wildman–Crippen MR) is 88.0 cm³/mol. The molecule has 0 saturated heterocycles. The van der Waals surface area contributed by atoms with Crippen LogP contribution < -0.4 is 10.6 Å². The normalized spacial score (nSPS) is 10.3. The molecule has 2 aromatic rings. The predicted octanol–water partition coefficient (Wildman–Crippen LogP) is 5.44. The van der Waals surface area contributed by atoms with Crippen molar-refractivity contribution < 1.29 is 13.2 Å². The van der Waals surface area contributed by atoms with Gasteiger partial charge in [0.2, 0.25) is 0 Å². The summed E-state index contributed by atoms with van der Waals surface area (Å²) in [6, 6.07) is 5.90. The highest BCUT2D eigenvalue weighted by molar-refractivity contribution is 9.11. The molecule has 110 valence electrons. The van der Waals surface area contributed by atoms with Crippen LogP contribution in [0.1, 0.15) is 0 Å². The fraction of sp³-hybridized carbons (Fsp3) is 0. The molecular formula is C13H7Br2F3N2S. The molecule has 0 aromatic heterocycles. The van der Waals surface area contributed by atoms with Gasteiger partial charge in [0, 0.05) is 15.0 Å². The number of rotatable bonds is 2. The molecule has 2 nitrogen and oxygen atoms in total. The lowest BCUT2D eigenvalue weighted by atomic mass is 10.3. The monoisotopic (exact) mass is 438 g/mol. The lowest BCUT2D eigenvalue weighted by molar-refractivity contribution is 0.586. The van der Waals surface area contributed by atoms with Gasteiger partial charge in [-0.05, 0) is 52.4 Å². The number of halogens is 5. The van der Waals surface area contributed by atoms with Crippen LogP contribution in [0.25, 0.3) is 0 Å². The first-order valence-electron chi connectivity index (χ1n) is 5.54. The summed E-state index contributed by atoms with van der Waals surface area (Å²) in [5.74, 6) is -2.03. The summed E-state index contributed by atoms with van der Waals surface area (Å²) in [6.45, 7) is 0. The molecule has 0 radical (unpaired) electrons. The van der Waals surface area contributed by atoms with Crippen LogP contribution in [0.15, 0.2) is 39.3 Å². The third-order valence-electron chi connectivity index (χ3n) is 2.42. The van der Waals surface area contributed by atoms with Crippen molar-refractivity contribution in [1.82, 2.24) is 0 Å². The molecule has 2 rings (SSSR count). The Kier molecular flexibility index (Phi) is 5.23. The van der Waals surface area contributed by atoms with Gasteiger partial charge in [0.05, 0.1) is 11.4 Å². The van der Waals surface area contributed by atoms with Gasteiger partial charge in [-0.3, -0.25) is 0 Å². The first-order valence-corrected chi connectivity index (χ1v) is 7.54. The summed E-state index contributed by atoms with van der Waals surface area (Å²) in [7, 11) is 0. The molecule has 0 aliphatic heterocycles. The Labute approximate surface area is 141 Å². The van der Waals surface area contributed by atoms with E-state index >= 15 is 0 Å². The molecule has 0 spiro atoms. The van der Waals surface area contributed by atoms with Gasteiger partial charge in [0.1, 0.15) is 17.5 Å². The van der Waals surface area contributed by atoms with Crippen molar-refractivity contribution in [2.24, 2.45) is 0 Å². The van der Waals surface area contributed by atoms with E-state index in [0.29, 0.717) is 8.95 Å². The van der Waals surface area contributed by atoms with Crippen molar-refractivity contribution in [3.8, 4) is 0 Å². The lowest BCUT2D eigenvalue weighted by Gasteiger charge is -2.13. The van der Waals surface area contributed by atoms with Crippen LogP contribution in [0, 0.1) is 17.5 Å². The number of hydrogen-bond acceptors (Lipinski definition) is 1. The van der Waals surface area contributed by atoms with Crippen LogP contribution in [0.3, 0.4) is 0 Å². The van der Waals surface area contributed by atoms with Crippen LogP contribution in [0.5, 0.6) is 0 Å². The number of nitrogens with one attached hydrogen (secondary N) is 2. The number of benzene rings is 2. The second-order valence-electron chi connectivity index (χ2n) is 3.95. The Balaban J connectivity index is 2.16. The molecule has 21 heavy (non-hydrogen) atoms. The van der Waals surface area contributed by atoms with Crippen molar-refractivity contribution in [3.63, 3.8) is 0 Å². The zero-order chi connectivity index (χ0) is 15.6. The fourth-order valence-electron chi connectivity index (χ4n) is 1.52. The molecule has 0 unspecified atom stereocenters. The third-order valence-corrected chi connectivity index (χ3v) is 3.71. The van der Waals surface area contributed by atoms with Crippen LogP contribution in [0.2, 0.25) is 0 Å². The van der Waals surface area contributed by atoms with E-state index in [9.17, 15) is 13.2 Å². The quantitative estimate of drug-likeness (QED) is 0.609. The Morgan fingerprint density at radius 1 is 0.952 bits per heavy atom. The van der Waals surface area contributed by atoms with Crippen LogP contribution >= 0.6 is 44.1 Å². The van der Waals surface area contributed by atoms with Crippen LogP contribution in [-0.4, -0.2) is 5.11 Å². The molecule has 2 aromatic carbocycles. The summed E-state index contributed by atoms with van der Waals surface area (Å²) in [5, 5.41) is 5.12. The van der Waals surface area contributed by atoms with Crippen molar-refractivity contribution >= 4 is 60.6 Å². The smallest absolute Gasteiger partial charge is 0.175 e. The molecule has 0 saturated carbocycles. The minimum atomic E-state index is -0.797. The molecule has 0 aliphatic rings. The molecular weight excluding hydrogens is 433 g/mol. The molecule has 0 fully saturated rings. The molecule has 0 bridgehead atoms. The second kappa shape index (κ2) is 6.76. The van der Waals surface area contributed by atoms with E-state index < -0.39 is 17.5 Å². The van der Waals surface area contributed by atoms with Crippen molar-refractivity contribution in [1.29, 1.82) is 0 Å². The number of anilines is 2. The minimum Gasteiger partial charge on any atom is -0.330 e. The van der Waals surface area contributed by atoms with Crippen molar-refractivity contribution in [3.05, 3.63) is 56.7 Å². The molecule has 0 amide bonds. The van der Waals surface area contributed by atoms with Crippen molar-refractivity contribution in [2.45, 2.75) is 0 Å². The highest BCUT2D eigenvalue weighted by Crippen LogP contribution is 2.29. The second-order valence-corrected chi connectivity index (χ2v) is 6.13. The zero-order valence-electron chi connectivity index (χ0n) is 10.2. The topological polar surface area (TPSA) is 24.1 Å². The van der Waals surface area contributed by atoms with E-state index in [4.69, 9.17) is 12.2 Å². The summed E-state index contributed by atoms with van der Waals surface area (Å²) < 4.78 is 41.1. The molecule has 0 aliphatic carbocycles. The lowest BCUT2D eigenvalue weighted by Crippen LogP contribution is -2.20. The van der Waals surface area contributed by atoms with Gasteiger partial charge in [-0.2, -0.15) is 0 Å². The molecule has 0 atom stereocenters. The Morgan fingerprint density at radius 2 is 1.67 bits per heavy atom. The average Bonchev–Trinajstić information content (AvgIpc) is 2.37. The molecule has 2 N–H and O–H groups in total. The molecule has 8 heteroatoms. The van der Waals surface area contributed by atoms with Crippen LogP contribution in [-0.2, 0) is 0 Å². The van der Waals surface area contributed by atoms with E-state index in [1.54, 1.807) is 6.07 Å². The maximum atomic E-state index is 13.8. The van der Waals surface area contributed by atoms with Crippen molar-refractivity contribution in [2.75, 3.05) is 10.6 Å². The molecule has 0 heterocycles. The van der Waals surface area contributed by atoms with E-state index in [-0.39, 0.29) is 16.5 Å². The standard InChI is InChI=1S/C13H7Br2F3N2S/c14-6-3-8(15)12(10(18)4-6)20-13(21)19-11-2-1-7(16)5-9(11)17/h1-5H,(H2,19,20,21). The Bertz CT molecular complexity index is 687. The Hall–Kier alpha value is -1.12. The summed E-state index contributed by atoms with van der Waals surface area (Å²) in [5.41, 5.74) is 0.0979. The van der Waals surface area contributed by atoms with Gasteiger partial charge < -0.3 is 10.6 Å². The van der Waals surface area contributed by atoms with Gasteiger partial charge in [-0.1, -0.05) is 15.9 Å². The van der Waals surface area contributed by atoms with Gasteiger partial charge >= 0.3 is 0 Å². The summed E-state index contributed by atoms with van der Waals surface area (Å²) in [6.07, 6.45) is 0. The van der Waals surface area contributed by atoms with Gasteiger partial charge in [-0.15, -0.1) is 0 Å².